The van der Waals surface area contributed by atoms with Crippen molar-refractivity contribution in [3.05, 3.63) is 100 Å². The Labute approximate surface area is 159 Å². The van der Waals surface area contributed by atoms with Crippen molar-refractivity contribution in [1.29, 1.82) is 0 Å². The third kappa shape index (κ3) is 3.09. The van der Waals surface area contributed by atoms with Crippen LogP contribution in [0.15, 0.2) is 94.3 Å². The predicted octanol–water partition coefficient (Wildman–Crippen LogP) is 4.68. The van der Waals surface area contributed by atoms with Gasteiger partial charge in [0.2, 0.25) is 0 Å². The number of hydrogen-bond donors (Lipinski definition) is 0. The zero-order valence-electron chi connectivity index (χ0n) is 13.7. The minimum absolute atomic E-state index is 0.154. The average Bonchev–Trinajstić information content (AvgIpc) is 3.00. The van der Waals surface area contributed by atoms with Crippen LogP contribution >= 0.6 is 15.9 Å². The molecule has 126 valence electrons. The van der Waals surface area contributed by atoms with Crippen molar-refractivity contribution in [3.8, 4) is 0 Å². The van der Waals surface area contributed by atoms with Gasteiger partial charge in [-0.05, 0) is 42.0 Å². The summed E-state index contributed by atoms with van der Waals surface area (Å²) in [6, 6.07) is 21.0. The van der Waals surface area contributed by atoms with Crippen LogP contribution < -0.4 is 4.90 Å². The molecular formula is C21H14BrN3O. The summed E-state index contributed by atoms with van der Waals surface area (Å²) in [5, 5.41) is 0. The highest BCUT2D eigenvalue weighted by atomic mass is 79.9. The molecule has 4 rings (SSSR count). The predicted molar refractivity (Wildman–Crippen MR) is 107 cm³/mol. The molecule has 1 amide bonds. The van der Waals surface area contributed by atoms with Crippen molar-refractivity contribution < 1.29 is 4.79 Å². The normalized spacial score (nSPS) is 15.4. The van der Waals surface area contributed by atoms with E-state index in [0.29, 0.717) is 11.5 Å². The van der Waals surface area contributed by atoms with Gasteiger partial charge in [-0.2, -0.15) is 0 Å². The van der Waals surface area contributed by atoms with E-state index in [4.69, 9.17) is 0 Å². The monoisotopic (exact) mass is 403 g/mol. The average molecular weight is 404 g/mol. The molecule has 2 heterocycles. The first-order valence-corrected chi connectivity index (χ1v) is 8.88. The molecule has 0 atom stereocenters. The van der Waals surface area contributed by atoms with Gasteiger partial charge in [-0.15, -0.1) is 0 Å². The van der Waals surface area contributed by atoms with E-state index in [-0.39, 0.29) is 5.91 Å². The van der Waals surface area contributed by atoms with Gasteiger partial charge in [-0.3, -0.25) is 14.7 Å². The standard InChI is InChI=1S/C21H14BrN3O/c22-18-9-5-4-8-17(18)20-24-19(14-15-10-12-23-13-11-15)21(26)25(20)16-6-2-1-3-7-16/h1-14H/b19-14+. The van der Waals surface area contributed by atoms with E-state index < -0.39 is 0 Å². The van der Waals surface area contributed by atoms with E-state index in [2.05, 4.69) is 25.9 Å². The van der Waals surface area contributed by atoms with Crippen molar-refractivity contribution in [2.45, 2.75) is 0 Å². The Bertz CT molecular complexity index is 1010. The molecule has 0 unspecified atom stereocenters. The molecule has 0 bridgehead atoms. The Kier molecular flexibility index (Phi) is 4.46. The summed E-state index contributed by atoms with van der Waals surface area (Å²) in [4.78, 5) is 23.4. The summed E-state index contributed by atoms with van der Waals surface area (Å²) >= 11 is 3.57. The minimum Gasteiger partial charge on any atom is -0.266 e. The zero-order valence-corrected chi connectivity index (χ0v) is 15.3. The SMILES string of the molecule is O=C1/C(=C\c2ccncc2)N=C(c2ccccc2Br)N1c1ccccc1. The summed E-state index contributed by atoms with van der Waals surface area (Å²) in [5.41, 5.74) is 2.92. The molecule has 3 aromatic rings. The minimum atomic E-state index is -0.154. The number of carbonyl (C=O) groups excluding carboxylic acids is 1. The van der Waals surface area contributed by atoms with E-state index in [1.807, 2.05) is 66.7 Å². The van der Waals surface area contributed by atoms with Crippen LogP contribution in [0.1, 0.15) is 11.1 Å². The maximum atomic E-state index is 13.1. The second-order valence-electron chi connectivity index (χ2n) is 5.70. The van der Waals surface area contributed by atoms with Gasteiger partial charge < -0.3 is 0 Å². The van der Waals surface area contributed by atoms with Crippen LogP contribution in [-0.4, -0.2) is 16.7 Å². The van der Waals surface area contributed by atoms with E-state index in [9.17, 15) is 4.79 Å². The molecule has 0 fully saturated rings. The van der Waals surface area contributed by atoms with Gasteiger partial charge in [-0.1, -0.05) is 52.3 Å². The number of rotatable bonds is 3. The highest BCUT2D eigenvalue weighted by Crippen LogP contribution is 2.30. The quantitative estimate of drug-likeness (QED) is 0.596. The summed E-state index contributed by atoms with van der Waals surface area (Å²) in [5.74, 6) is 0.452. The van der Waals surface area contributed by atoms with Gasteiger partial charge in [-0.25, -0.2) is 4.99 Å². The molecule has 26 heavy (non-hydrogen) atoms. The number of hydrogen-bond acceptors (Lipinski definition) is 3. The molecule has 0 radical (unpaired) electrons. The summed E-state index contributed by atoms with van der Waals surface area (Å²) in [7, 11) is 0. The molecule has 5 heteroatoms. The lowest BCUT2D eigenvalue weighted by Crippen LogP contribution is -2.32. The lowest BCUT2D eigenvalue weighted by Gasteiger charge is -2.19. The highest BCUT2D eigenvalue weighted by Gasteiger charge is 2.33. The van der Waals surface area contributed by atoms with Crippen LogP contribution in [0.4, 0.5) is 5.69 Å². The third-order valence-corrected chi connectivity index (χ3v) is 4.69. The second-order valence-corrected chi connectivity index (χ2v) is 6.56. The fourth-order valence-corrected chi connectivity index (χ4v) is 3.24. The van der Waals surface area contributed by atoms with Crippen molar-refractivity contribution in [2.24, 2.45) is 4.99 Å². The van der Waals surface area contributed by atoms with E-state index in [0.717, 1.165) is 21.3 Å². The first-order chi connectivity index (χ1) is 12.7. The first-order valence-electron chi connectivity index (χ1n) is 8.09. The molecule has 0 saturated heterocycles. The topological polar surface area (TPSA) is 45.6 Å². The van der Waals surface area contributed by atoms with Crippen molar-refractivity contribution in [2.75, 3.05) is 4.90 Å². The molecule has 1 aliphatic heterocycles. The fourth-order valence-electron chi connectivity index (χ4n) is 2.77. The Morgan fingerprint density at radius 3 is 2.31 bits per heavy atom. The number of para-hydroxylation sites is 1. The maximum Gasteiger partial charge on any atom is 0.282 e. The van der Waals surface area contributed by atoms with Crippen LogP contribution in [0, 0.1) is 0 Å². The van der Waals surface area contributed by atoms with Gasteiger partial charge in [0, 0.05) is 22.4 Å². The number of nitrogens with zero attached hydrogens (tertiary/aromatic N) is 3. The molecule has 2 aromatic carbocycles. The summed E-state index contributed by atoms with van der Waals surface area (Å²) in [6.45, 7) is 0. The number of aromatic nitrogens is 1. The zero-order chi connectivity index (χ0) is 17.9. The number of carbonyl (C=O) groups is 1. The van der Waals surface area contributed by atoms with Crippen LogP contribution in [-0.2, 0) is 4.79 Å². The molecule has 4 nitrogen and oxygen atoms in total. The first kappa shape index (κ1) is 16.4. The van der Waals surface area contributed by atoms with E-state index >= 15 is 0 Å². The lowest BCUT2D eigenvalue weighted by molar-refractivity contribution is -0.113. The largest absolute Gasteiger partial charge is 0.282 e. The molecule has 0 aliphatic carbocycles. The van der Waals surface area contributed by atoms with Crippen LogP contribution in [0.2, 0.25) is 0 Å². The molecule has 1 aromatic heterocycles. The van der Waals surface area contributed by atoms with Crippen LogP contribution in [0.3, 0.4) is 0 Å². The molecule has 1 aliphatic rings. The molecule has 0 N–H and O–H groups in total. The molecular weight excluding hydrogens is 390 g/mol. The van der Waals surface area contributed by atoms with Gasteiger partial charge in [0.25, 0.3) is 5.91 Å². The lowest BCUT2D eigenvalue weighted by atomic mass is 10.1. The number of halogens is 1. The number of amidine groups is 1. The summed E-state index contributed by atoms with van der Waals surface area (Å²) in [6.07, 6.45) is 5.17. The molecule has 0 saturated carbocycles. The van der Waals surface area contributed by atoms with Gasteiger partial charge >= 0.3 is 0 Å². The van der Waals surface area contributed by atoms with Crippen molar-refractivity contribution in [3.63, 3.8) is 0 Å². The molecule has 0 spiro atoms. The number of benzene rings is 2. The van der Waals surface area contributed by atoms with E-state index in [1.165, 1.54) is 0 Å². The van der Waals surface area contributed by atoms with E-state index in [1.54, 1.807) is 23.4 Å². The van der Waals surface area contributed by atoms with Gasteiger partial charge in [0.15, 0.2) is 0 Å². The maximum absolute atomic E-state index is 13.1. The van der Waals surface area contributed by atoms with Crippen LogP contribution in [0.5, 0.6) is 0 Å². The Hall–Kier alpha value is -3.05. The van der Waals surface area contributed by atoms with Crippen molar-refractivity contribution in [1.82, 2.24) is 4.98 Å². The Balaban J connectivity index is 1.86. The van der Waals surface area contributed by atoms with Gasteiger partial charge in [0.1, 0.15) is 11.5 Å². The second kappa shape index (κ2) is 7.06. The summed E-state index contributed by atoms with van der Waals surface area (Å²) < 4.78 is 0.887. The smallest absolute Gasteiger partial charge is 0.266 e. The van der Waals surface area contributed by atoms with Gasteiger partial charge in [0.05, 0.1) is 5.69 Å². The fraction of sp³-hybridized carbons (Fsp3) is 0. The third-order valence-electron chi connectivity index (χ3n) is 4.00. The Morgan fingerprint density at radius 1 is 0.885 bits per heavy atom. The number of pyridine rings is 1. The number of anilines is 1. The Morgan fingerprint density at radius 2 is 1.58 bits per heavy atom. The highest BCUT2D eigenvalue weighted by molar-refractivity contribution is 9.10. The van der Waals surface area contributed by atoms with Crippen LogP contribution in [0.25, 0.3) is 6.08 Å². The number of aliphatic imine (C=N–C) groups is 1. The number of amides is 1. The van der Waals surface area contributed by atoms with Crippen molar-refractivity contribution >= 4 is 39.4 Å².